The minimum Gasteiger partial charge on any atom is -0.432 e. The fraction of sp³-hybridized carbons (Fsp3) is 0.613. The highest BCUT2D eigenvalue weighted by Crippen LogP contribution is 2.46. The van der Waals surface area contributed by atoms with E-state index in [2.05, 4.69) is 6.92 Å². The molecule has 1 heterocycles. The van der Waals surface area contributed by atoms with E-state index < -0.39 is 30.3 Å². The van der Waals surface area contributed by atoms with Crippen LogP contribution in [0.1, 0.15) is 63.9 Å². The first kappa shape index (κ1) is 28.3. The second-order valence-corrected chi connectivity index (χ2v) is 11.7. The summed E-state index contributed by atoms with van der Waals surface area (Å²) in [5, 5.41) is 0. The number of benzene rings is 2. The molecule has 2 saturated carbocycles. The van der Waals surface area contributed by atoms with E-state index in [-0.39, 0.29) is 28.7 Å². The Balaban J connectivity index is 1.12. The lowest BCUT2D eigenvalue weighted by molar-refractivity contribution is -0.229. The van der Waals surface area contributed by atoms with Gasteiger partial charge in [0.2, 0.25) is 0 Å². The van der Waals surface area contributed by atoms with E-state index >= 15 is 8.78 Å². The lowest BCUT2D eigenvalue weighted by atomic mass is 9.69. The molecule has 0 N–H and O–H groups in total. The third-order valence-corrected chi connectivity index (χ3v) is 8.91. The number of rotatable bonds is 7. The summed E-state index contributed by atoms with van der Waals surface area (Å²) >= 11 is 0. The highest BCUT2D eigenvalue weighted by atomic mass is 19.3. The number of halogens is 5. The van der Waals surface area contributed by atoms with Gasteiger partial charge in [-0.1, -0.05) is 19.1 Å². The topological polar surface area (TPSA) is 27.7 Å². The van der Waals surface area contributed by atoms with E-state index in [1.807, 2.05) is 0 Å². The quantitative estimate of drug-likeness (QED) is 0.322. The van der Waals surface area contributed by atoms with Crippen LogP contribution in [0.4, 0.5) is 22.0 Å². The largest absolute Gasteiger partial charge is 0.432 e. The third-order valence-electron chi connectivity index (χ3n) is 8.91. The molecule has 0 atom stereocenters. The summed E-state index contributed by atoms with van der Waals surface area (Å²) in [5.41, 5.74) is 0.0992. The van der Waals surface area contributed by atoms with Crippen molar-refractivity contribution in [3.05, 3.63) is 53.6 Å². The van der Waals surface area contributed by atoms with Gasteiger partial charge in [-0.3, -0.25) is 0 Å². The zero-order valence-corrected chi connectivity index (χ0v) is 22.3. The predicted molar refractivity (Wildman–Crippen MR) is 138 cm³/mol. The molecular weight excluding hydrogens is 515 g/mol. The smallest absolute Gasteiger partial charge is 0.400 e. The second kappa shape index (κ2) is 12.1. The van der Waals surface area contributed by atoms with Crippen LogP contribution in [-0.2, 0) is 16.1 Å². The van der Waals surface area contributed by atoms with E-state index in [0.717, 1.165) is 63.9 Å². The van der Waals surface area contributed by atoms with Crippen LogP contribution in [0.25, 0.3) is 11.1 Å². The summed E-state index contributed by atoms with van der Waals surface area (Å²) in [4.78, 5) is 0. The van der Waals surface area contributed by atoms with Gasteiger partial charge in [-0.15, -0.1) is 0 Å². The molecule has 0 unspecified atom stereocenters. The zero-order valence-electron chi connectivity index (χ0n) is 22.3. The molecular formula is C31H37F5O3. The highest BCUT2D eigenvalue weighted by molar-refractivity contribution is 5.65. The molecule has 8 heteroatoms. The van der Waals surface area contributed by atoms with Gasteiger partial charge in [-0.25, -0.2) is 13.2 Å². The average Bonchev–Trinajstić information content (AvgIpc) is 2.93. The fourth-order valence-corrected chi connectivity index (χ4v) is 6.56. The molecule has 2 aliphatic carbocycles. The van der Waals surface area contributed by atoms with Crippen LogP contribution in [0.15, 0.2) is 36.4 Å². The molecule has 0 aromatic heterocycles. The van der Waals surface area contributed by atoms with Crippen molar-refractivity contribution in [1.82, 2.24) is 0 Å². The van der Waals surface area contributed by atoms with Crippen molar-refractivity contribution in [3.8, 4) is 16.9 Å². The number of ether oxygens (including phenoxy) is 3. The molecule has 0 spiro atoms. The zero-order chi connectivity index (χ0) is 27.6. The lowest BCUT2D eigenvalue weighted by Gasteiger charge is -2.41. The standard InChI is InChI=1S/C31H37F5O3/c1-19-17-37-30(38-18-19)22-4-2-20(3-5-22)21-8-10-25(11-9-21)31(35,36)39-26-12-13-27(29(34)15-26)23-6-7-24(16-32)28(33)14-23/h6-7,12-15,19-22,25,30H,2-5,8-11,16-18H2,1H3. The van der Waals surface area contributed by atoms with E-state index in [9.17, 15) is 13.2 Å². The van der Waals surface area contributed by atoms with E-state index in [4.69, 9.17) is 14.2 Å². The van der Waals surface area contributed by atoms with Crippen LogP contribution >= 0.6 is 0 Å². The molecule has 0 bridgehead atoms. The molecule has 5 rings (SSSR count). The van der Waals surface area contributed by atoms with Crippen LogP contribution in [0.5, 0.6) is 5.75 Å². The normalized spacial score (nSPS) is 30.2. The summed E-state index contributed by atoms with van der Waals surface area (Å²) in [7, 11) is 0. The van der Waals surface area contributed by atoms with Crippen LogP contribution in [0, 0.1) is 41.2 Å². The van der Waals surface area contributed by atoms with Gasteiger partial charge >= 0.3 is 6.11 Å². The molecule has 3 fully saturated rings. The van der Waals surface area contributed by atoms with Gasteiger partial charge in [-0.2, -0.15) is 8.78 Å². The molecule has 0 amide bonds. The van der Waals surface area contributed by atoms with Crippen LogP contribution in [0.2, 0.25) is 0 Å². The minimum absolute atomic E-state index is 0.0290. The van der Waals surface area contributed by atoms with Crippen molar-refractivity contribution in [3.63, 3.8) is 0 Å². The maximum Gasteiger partial charge on any atom is 0.400 e. The maximum absolute atomic E-state index is 15.1. The van der Waals surface area contributed by atoms with Gasteiger partial charge in [0.25, 0.3) is 0 Å². The van der Waals surface area contributed by atoms with Gasteiger partial charge in [-0.05, 0) is 87.0 Å². The molecule has 1 saturated heterocycles. The third kappa shape index (κ3) is 6.59. The van der Waals surface area contributed by atoms with Gasteiger partial charge < -0.3 is 14.2 Å². The lowest BCUT2D eigenvalue weighted by Crippen LogP contribution is -2.40. The van der Waals surface area contributed by atoms with Crippen LogP contribution in [0.3, 0.4) is 0 Å². The predicted octanol–water partition coefficient (Wildman–Crippen LogP) is 8.69. The Labute approximate surface area is 227 Å². The fourth-order valence-electron chi connectivity index (χ4n) is 6.56. The monoisotopic (exact) mass is 552 g/mol. The molecule has 0 radical (unpaired) electrons. The van der Waals surface area contributed by atoms with Crippen molar-refractivity contribution in [2.24, 2.45) is 29.6 Å². The highest BCUT2D eigenvalue weighted by Gasteiger charge is 2.45. The Morgan fingerprint density at radius 1 is 0.795 bits per heavy atom. The molecule has 2 aromatic carbocycles. The van der Waals surface area contributed by atoms with E-state index in [0.29, 0.717) is 36.5 Å². The first-order chi connectivity index (χ1) is 18.7. The number of alkyl halides is 3. The maximum atomic E-state index is 15.1. The van der Waals surface area contributed by atoms with Crippen molar-refractivity contribution in [1.29, 1.82) is 0 Å². The molecule has 2 aromatic rings. The van der Waals surface area contributed by atoms with Crippen molar-refractivity contribution in [2.75, 3.05) is 13.2 Å². The Bertz CT molecular complexity index is 1100. The Morgan fingerprint density at radius 2 is 1.41 bits per heavy atom. The molecule has 3 aliphatic rings. The van der Waals surface area contributed by atoms with Crippen molar-refractivity contribution >= 4 is 0 Å². The summed E-state index contributed by atoms with van der Waals surface area (Å²) in [6.45, 7) is 2.64. The average molecular weight is 553 g/mol. The number of hydrogen-bond donors (Lipinski definition) is 0. The minimum atomic E-state index is -3.42. The summed E-state index contributed by atoms with van der Waals surface area (Å²) in [6, 6.07) is 7.11. The van der Waals surface area contributed by atoms with Crippen molar-refractivity contribution < 1.29 is 36.2 Å². The van der Waals surface area contributed by atoms with Gasteiger partial charge in [0, 0.05) is 29.0 Å². The first-order valence-electron chi connectivity index (χ1n) is 14.2. The van der Waals surface area contributed by atoms with Gasteiger partial charge in [0.1, 0.15) is 24.1 Å². The summed E-state index contributed by atoms with van der Waals surface area (Å²) in [6.07, 6.45) is 2.95. The number of hydrogen-bond acceptors (Lipinski definition) is 3. The first-order valence-corrected chi connectivity index (χ1v) is 14.2. The van der Waals surface area contributed by atoms with Crippen LogP contribution in [-0.4, -0.2) is 25.6 Å². The van der Waals surface area contributed by atoms with Gasteiger partial charge in [0.05, 0.1) is 19.1 Å². The Morgan fingerprint density at radius 3 is 2.00 bits per heavy atom. The SMILES string of the molecule is CC1COC(C2CCC(C3CCC(C(F)(F)Oc4ccc(-c5ccc(CF)c(F)c5)c(F)c4)CC3)CC2)OC1. The Kier molecular flexibility index (Phi) is 8.82. The molecule has 39 heavy (non-hydrogen) atoms. The van der Waals surface area contributed by atoms with E-state index in [1.54, 1.807) is 0 Å². The van der Waals surface area contributed by atoms with E-state index in [1.165, 1.54) is 24.3 Å². The summed E-state index contributed by atoms with van der Waals surface area (Å²) in [5.74, 6) is -0.961. The summed E-state index contributed by atoms with van der Waals surface area (Å²) < 4.78 is 88.4. The van der Waals surface area contributed by atoms with Gasteiger partial charge in [0.15, 0.2) is 6.29 Å². The Hall–Kier alpha value is -2.19. The second-order valence-electron chi connectivity index (χ2n) is 11.7. The molecule has 214 valence electrons. The van der Waals surface area contributed by atoms with Crippen LogP contribution < -0.4 is 4.74 Å². The molecule has 1 aliphatic heterocycles. The molecule has 3 nitrogen and oxygen atoms in total. The van der Waals surface area contributed by atoms with Crippen molar-refractivity contribution in [2.45, 2.75) is 77.4 Å².